The smallest absolute Gasteiger partial charge is 0.130 e. The number of benzene rings is 2. The zero-order chi connectivity index (χ0) is 21.6. The van der Waals surface area contributed by atoms with Gasteiger partial charge in [-0.05, 0) is 77.2 Å². The van der Waals surface area contributed by atoms with Crippen molar-refractivity contribution >= 4 is 35.2 Å². The summed E-state index contributed by atoms with van der Waals surface area (Å²) in [6.45, 7) is 0.446. The summed E-state index contributed by atoms with van der Waals surface area (Å²) >= 11 is 0. The van der Waals surface area contributed by atoms with Gasteiger partial charge in [-0.2, -0.15) is 5.10 Å². The van der Waals surface area contributed by atoms with Crippen molar-refractivity contribution in [2.75, 3.05) is 0 Å². The Hall–Kier alpha value is -4.38. The lowest BCUT2D eigenvalue weighted by molar-refractivity contribution is 0.301. The molecule has 5 heteroatoms. The van der Waals surface area contributed by atoms with Gasteiger partial charge in [0.2, 0.25) is 0 Å². The molecule has 5 aromatic rings. The van der Waals surface area contributed by atoms with Crippen molar-refractivity contribution in [2.45, 2.75) is 6.61 Å². The summed E-state index contributed by atoms with van der Waals surface area (Å²) in [6, 6.07) is 24.2. The van der Waals surface area contributed by atoms with Gasteiger partial charge in [0.15, 0.2) is 0 Å². The van der Waals surface area contributed by atoms with E-state index in [0.717, 1.165) is 39.5 Å². The fraction of sp³-hybridized carbons (Fsp3) is 0.0370. The number of rotatable bonds is 7. The van der Waals surface area contributed by atoms with E-state index in [0.29, 0.717) is 6.61 Å². The molecule has 0 unspecified atom stereocenters. The number of nitrogens with zero attached hydrogens (tertiary/aromatic N) is 2. The monoisotopic (exact) mass is 418 g/mol. The van der Waals surface area contributed by atoms with E-state index in [9.17, 15) is 0 Å². The zero-order valence-corrected chi connectivity index (χ0v) is 17.4. The Morgan fingerprint density at radius 2 is 1.75 bits per heavy atom. The van der Waals surface area contributed by atoms with Crippen molar-refractivity contribution in [3.63, 3.8) is 0 Å². The summed E-state index contributed by atoms with van der Waals surface area (Å²) in [5.41, 5.74) is 6.05. The molecule has 0 saturated heterocycles. The largest absolute Gasteiger partial charge is 0.487 e. The lowest BCUT2D eigenvalue weighted by Crippen LogP contribution is -1.97. The third kappa shape index (κ3) is 4.84. The van der Waals surface area contributed by atoms with Crippen LogP contribution in [0.2, 0.25) is 0 Å². The van der Waals surface area contributed by atoms with Crippen LogP contribution < -0.4 is 4.74 Å². The van der Waals surface area contributed by atoms with Crippen LogP contribution in [-0.4, -0.2) is 20.2 Å². The van der Waals surface area contributed by atoms with E-state index in [1.54, 1.807) is 6.20 Å². The second-order valence-electron chi connectivity index (χ2n) is 7.42. The van der Waals surface area contributed by atoms with E-state index < -0.39 is 0 Å². The molecule has 0 saturated carbocycles. The molecule has 2 N–H and O–H groups in total. The number of nitrogens with one attached hydrogen (secondary N) is 2. The summed E-state index contributed by atoms with van der Waals surface area (Å²) in [4.78, 5) is 7.49. The Morgan fingerprint density at radius 1 is 0.812 bits per heavy atom. The Morgan fingerprint density at radius 3 is 2.69 bits per heavy atom. The molecule has 2 aromatic carbocycles. The number of aromatic nitrogens is 4. The van der Waals surface area contributed by atoms with Crippen molar-refractivity contribution in [3.8, 4) is 5.75 Å². The topological polar surface area (TPSA) is 66.6 Å². The molecular weight excluding hydrogens is 396 g/mol. The number of fused-ring (bicyclic) bond motifs is 1. The van der Waals surface area contributed by atoms with E-state index in [4.69, 9.17) is 4.74 Å². The number of hydrogen-bond acceptors (Lipinski definition) is 3. The van der Waals surface area contributed by atoms with Crippen molar-refractivity contribution in [1.82, 2.24) is 20.2 Å². The molecule has 32 heavy (non-hydrogen) atoms. The maximum absolute atomic E-state index is 5.86. The van der Waals surface area contributed by atoms with Gasteiger partial charge in [-0.15, -0.1) is 0 Å². The second-order valence-corrected chi connectivity index (χ2v) is 7.42. The first kappa shape index (κ1) is 19.6. The molecule has 0 spiro atoms. The maximum atomic E-state index is 5.86. The minimum Gasteiger partial charge on any atom is -0.487 e. The normalized spacial score (nSPS) is 11.6. The van der Waals surface area contributed by atoms with Crippen molar-refractivity contribution < 1.29 is 4.74 Å². The molecule has 0 radical (unpaired) electrons. The first-order valence-corrected chi connectivity index (χ1v) is 10.4. The second kappa shape index (κ2) is 9.18. The van der Waals surface area contributed by atoms with Gasteiger partial charge in [-0.25, -0.2) is 0 Å². The molecule has 0 aliphatic rings. The van der Waals surface area contributed by atoms with E-state index in [1.807, 2.05) is 73.0 Å². The van der Waals surface area contributed by atoms with Crippen LogP contribution in [0.3, 0.4) is 0 Å². The number of H-pyrrole nitrogens is 2. The molecule has 0 amide bonds. The van der Waals surface area contributed by atoms with Crippen LogP contribution in [0.25, 0.3) is 35.2 Å². The molecule has 3 aromatic heterocycles. The highest BCUT2D eigenvalue weighted by molar-refractivity contribution is 5.83. The Bertz CT molecular complexity index is 1380. The highest BCUT2D eigenvalue weighted by Crippen LogP contribution is 2.18. The Kier molecular flexibility index (Phi) is 5.62. The number of aromatic amines is 2. The molecule has 0 atom stereocenters. The zero-order valence-electron chi connectivity index (χ0n) is 17.4. The predicted molar refractivity (Wildman–Crippen MR) is 130 cm³/mol. The van der Waals surface area contributed by atoms with E-state index in [1.165, 1.54) is 5.39 Å². The average Bonchev–Trinajstić information content (AvgIpc) is 3.50. The lowest BCUT2D eigenvalue weighted by atomic mass is 10.1. The third-order valence-electron chi connectivity index (χ3n) is 5.07. The molecule has 156 valence electrons. The van der Waals surface area contributed by atoms with E-state index in [2.05, 4.69) is 50.5 Å². The summed E-state index contributed by atoms with van der Waals surface area (Å²) in [6.07, 6.45) is 11.8. The SMILES string of the molecule is C(=Cc1cc(C=Cc2ccc3[nH]ccc3c2)n[nH]1)c1cccc(OCc2ccccn2)c1. The van der Waals surface area contributed by atoms with Crippen LogP contribution in [-0.2, 0) is 6.61 Å². The van der Waals surface area contributed by atoms with Crippen LogP contribution in [0.1, 0.15) is 28.2 Å². The molecule has 0 fully saturated rings. The highest BCUT2D eigenvalue weighted by atomic mass is 16.5. The molecule has 3 heterocycles. The molecule has 5 rings (SSSR count). The van der Waals surface area contributed by atoms with Crippen LogP contribution in [0.4, 0.5) is 0 Å². The highest BCUT2D eigenvalue weighted by Gasteiger charge is 1.99. The fourth-order valence-electron chi connectivity index (χ4n) is 3.42. The minimum absolute atomic E-state index is 0.446. The summed E-state index contributed by atoms with van der Waals surface area (Å²) in [5, 5.41) is 8.64. The molecule has 0 aliphatic heterocycles. The van der Waals surface area contributed by atoms with Crippen molar-refractivity contribution in [2.24, 2.45) is 0 Å². The maximum Gasteiger partial charge on any atom is 0.130 e. The van der Waals surface area contributed by atoms with Gasteiger partial charge in [0.05, 0.1) is 17.1 Å². The van der Waals surface area contributed by atoms with Gasteiger partial charge >= 0.3 is 0 Å². The minimum atomic E-state index is 0.446. The molecular formula is C27H22N4O. The van der Waals surface area contributed by atoms with Crippen LogP contribution >= 0.6 is 0 Å². The summed E-state index contributed by atoms with van der Waals surface area (Å²) in [7, 11) is 0. The number of hydrogen-bond donors (Lipinski definition) is 2. The first-order valence-electron chi connectivity index (χ1n) is 10.4. The van der Waals surface area contributed by atoms with Crippen LogP contribution in [0.5, 0.6) is 5.75 Å². The average molecular weight is 419 g/mol. The van der Waals surface area contributed by atoms with E-state index in [-0.39, 0.29) is 0 Å². The predicted octanol–water partition coefficient (Wildman–Crippen LogP) is 6.21. The summed E-state index contributed by atoms with van der Waals surface area (Å²) in [5.74, 6) is 0.811. The lowest BCUT2D eigenvalue weighted by Gasteiger charge is -2.06. The molecule has 0 bridgehead atoms. The van der Waals surface area contributed by atoms with Gasteiger partial charge in [0, 0.05) is 17.9 Å². The molecule has 5 nitrogen and oxygen atoms in total. The quantitative estimate of drug-likeness (QED) is 0.330. The Labute approximate surface area is 186 Å². The van der Waals surface area contributed by atoms with E-state index >= 15 is 0 Å². The van der Waals surface area contributed by atoms with Gasteiger partial charge < -0.3 is 9.72 Å². The number of ether oxygens (including phenoxy) is 1. The first-order chi connectivity index (χ1) is 15.8. The van der Waals surface area contributed by atoms with Crippen molar-refractivity contribution in [1.29, 1.82) is 0 Å². The van der Waals surface area contributed by atoms with Gasteiger partial charge in [0.1, 0.15) is 12.4 Å². The van der Waals surface area contributed by atoms with Gasteiger partial charge in [0.25, 0.3) is 0 Å². The molecule has 0 aliphatic carbocycles. The van der Waals surface area contributed by atoms with Crippen LogP contribution in [0, 0.1) is 0 Å². The van der Waals surface area contributed by atoms with Crippen molar-refractivity contribution in [3.05, 3.63) is 113 Å². The van der Waals surface area contributed by atoms with Gasteiger partial charge in [-0.3, -0.25) is 10.1 Å². The van der Waals surface area contributed by atoms with Gasteiger partial charge in [-0.1, -0.05) is 36.4 Å². The Balaban J connectivity index is 1.22. The summed E-state index contributed by atoms with van der Waals surface area (Å²) < 4.78 is 5.86. The fourth-order valence-corrected chi connectivity index (χ4v) is 3.42. The standard InChI is InChI=1S/C27H22N4O/c1-2-14-28-25(5-1)19-32-26-6-3-4-20(17-26)7-10-23-18-24(31-30-23)11-8-21-9-12-27-22(16-21)13-15-29-27/h1-18,29H,19H2,(H,30,31). The number of pyridine rings is 1. The van der Waals surface area contributed by atoms with Crippen LogP contribution in [0.15, 0.2) is 85.2 Å². The third-order valence-corrected chi connectivity index (χ3v) is 5.07.